The maximum Gasteiger partial charge on any atom is 0.0410 e. The second-order valence-corrected chi connectivity index (χ2v) is 6.30. The van der Waals surface area contributed by atoms with E-state index in [1.54, 1.807) is 0 Å². The van der Waals surface area contributed by atoms with E-state index in [0.29, 0.717) is 12.1 Å². The number of benzene rings is 1. The number of hydrogen-bond acceptors (Lipinski definition) is 2. The van der Waals surface area contributed by atoms with Crippen LogP contribution < -0.4 is 5.32 Å². The summed E-state index contributed by atoms with van der Waals surface area (Å²) in [5, 5.41) is 4.58. The molecular formula is C14H20ClNS. The zero-order valence-electron chi connectivity index (χ0n) is 10.5. The molecule has 0 saturated carbocycles. The minimum Gasteiger partial charge on any atom is -0.307 e. The first kappa shape index (κ1) is 13.3. The lowest BCUT2D eigenvalue weighted by Crippen LogP contribution is -2.32. The lowest BCUT2D eigenvalue weighted by Gasteiger charge is -2.29. The highest BCUT2D eigenvalue weighted by Crippen LogP contribution is 2.37. The van der Waals surface area contributed by atoms with Crippen LogP contribution >= 0.6 is 23.4 Å². The molecule has 0 amide bonds. The molecule has 0 fully saturated rings. The summed E-state index contributed by atoms with van der Waals surface area (Å²) in [5.41, 5.74) is 1.39. The fraction of sp³-hybridized carbons (Fsp3) is 0.571. The van der Waals surface area contributed by atoms with E-state index >= 15 is 0 Å². The van der Waals surface area contributed by atoms with Crippen LogP contribution in [-0.4, -0.2) is 11.8 Å². The van der Waals surface area contributed by atoms with Gasteiger partial charge in [0.2, 0.25) is 0 Å². The van der Waals surface area contributed by atoms with Gasteiger partial charge in [-0.15, -0.1) is 11.8 Å². The van der Waals surface area contributed by atoms with E-state index in [-0.39, 0.29) is 0 Å². The molecule has 1 aromatic rings. The maximum atomic E-state index is 6.10. The van der Waals surface area contributed by atoms with Gasteiger partial charge in [0.15, 0.2) is 0 Å². The van der Waals surface area contributed by atoms with Gasteiger partial charge in [0.25, 0.3) is 0 Å². The summed E-state index contributed by atoms with van der Waals surface area (Å²) in [6, 6.07) is 7.33. The number of thioether (sulfide) groups is 1. The van der Waals surface area contributed by atoms with Gasteiger partial charge >= 0.3 is 0 Å². The van der Waals surface area contributed by atoms with Gasteiger partial charge in [0.1, 0.15) is 0 Å². The van der Waals surface area contributed by atoms with Crippen LogP contribution in [0.25, 0.3) is 0 Å². The molecule has 0 spiro atoms. The largest absolute Gasteiger partial charge is 0.307 e. The SMILES string of the molecule is CCCC(C)NC1CCSc2ccc(Cl)cc21. The Labute approximate surface area is 113 Å². The Bertz CT molecular complexity index is 380. The highest BCUT2D eigenvalue weighted by molar-refractivity contribution is 7.99. The lowest BCUT2D eigenvalue weighted by molar-refractivity contribution is 0.420. The molecule has 0 bridgehead atoms. The summed E-state index contributed by atoms with van der Waals surface area (Å²) >= 11 is 8.05. The van der Waals surface area contributed by atoms with Crippen LogP contribution in [0.15, 0.2) is 23.1 Å². The molecule has 1 aromatic carbocycles. The van der Waals surface area contributed by atoms with E-state index in [9.17, 15) is 0 Å². The molecule has 1 nitrogen and oxygen atoms in total. The highest BCUT2D eigenvalue weighted by atomic mass is 35.5. The zero-order valence-corrected chi connectivity index (χ0v) is 12.1. The number of halogens is 1. The predicted molar refractivity (Wildman–Crippen MR) is 77.0 cm³/mol. The van der Waals surface area contributed by atoms with Crippen LogP contribution in [0.2, 0.25) is 5.02 Å². The van der Waals surface area contributed by atoms with Crippen molar-refractivity contribution in [3.05, 3.63) is 28.8 Å². The van der Waals surface area contributed by atoms with Crippen molar-refractivity contribution in [2.24, 2.45) is 0 Å². The van der Waals surface area contributed by atoms with E-state index in [1.807, 2.05) is 17.8 Å². The van der Waals surface area contributed by atoms with Gasteiger partial charge in [0.05, 0.1) is 0 Å². The second-order valence-electron chi connectivity index (χ2n) is 4.73. The monoisotopic (exact) mass is 269 g/mol. The molecule has 1 aliphatic heterocycles. The predicted octanol–water partition coefficient (Wildman–Crippen LogP) is 4.66. The third-order valence-corrected chi connectivity index (χ3v) is 4.58. The molecule has 3 heteroatoms. The topological polar surface area (TPSA) is 12.0 Å². The standard InChI is InChI=1S/C14H20ClNS/c1-3-4-10(2)16-13-7-8-17-14-6-5-11(15)9-12(13)14/h5-6,9-10,13,16H,3-4,7-8H2,1-2H3. The summed E-state index contributed by atoms with van der Waals surface area (Å²) in [7, 11) is 0. The first-order valence-electron chi connectivity index (χ1n) is 6.39. The van der Waals surface area contributed by atoms with E-state index in [2.05, 4.69) is 31.3 Å². The van der Waals surface area contributed by atoms with Gasteiger partial charge in [-0.05, 0) is 49.3 Å². The Kier molecular flexibility index (Phi) is 4.78. The van der Waals surface area contributed by atoms with Crippen LogP contribution in [0.1, 0.15) is 44.7 Å². The molecule has 17 heavy (non-hydrogen) atoms. The van der Waals surface area contributed by atoms with Gasteiger partial charge in [-0.1, -0.05) is 24.9 Å². The zero-order chi connectivity index (χ0) is 12.3. The van der Waals surface area contributed by atoms with Crippen molar-refractivity contribution < 1.29 is 0 Å². The summed E-state index contributed by atoms with van der Waals surface area (Å²) in [6.45, 7) is 4.51. The van der Waals surface area contributed by atoms with Crippen LogP contribution in [0.3, 0.4) is 0 Å². The van der Waals surface area contributed by atoms with E-state index in [4.69, 9.17) is 11.6 Å². The van der Waals surface area contributed by atoms with Crippen molar-refractivity contribution in [3.8, 4) is 0 Å². The first-order valence-corrected chi connectivity index (χ1v) is 7.75. The van der Waals surface area contributed by atoms with Crippen molar-refractivity contribution in [1.29, 1.82) is 0 Å². The van der Waals surface area contributed by atoms with Crippen molar-refractivity contribution in [3.63, 3.8) is 0 Å². The van der Waals surface area contributed by atoms with Crippen molar-refractivity contribution >= 4 is 23.4 Å². The Morgan fingerprint density at radius 2 is 2.35 bits per heavy atom. The Morgan fingerprint density at radius 3 is 3.12 bits per heavy atom. The molecule has 94 valence electrons. The number of rotatable bonds is 4. The summed E-state index contributed by atoms with van der Waals surface area (Å²) in [6.07, 6.45) is 3.67. The van der Waals surface area contributed by atoms with Crippen LogP contribution in [0.4, 0.5) is 0 Å². The molecule has 1 heterocycles. The molecule has 0 radical (unpaired) electrons. The molecule has 2 rings (SSSR count). The van der Waals surface area contributed by atoms with Gasteiger partial charge in [-0.3, -0.25) is 0 Å². The van der Waals surface area contributed by atoms with Crippen LogP contribution in [0, 0.1) is 0 Å². The molecule has 1 aliphatic rings. The third kappa shape index (κ3) is 3.40. The maximum absolute atomic E-state index is 6.10. The fourth-order valence-corrected chi connectivity index (χ4v) is 3.68. The van der Waals surface area contributed by atoms with Crippen LogP contribution in [-0.2, 0) is 0 Å². The molecule has 1 N–H and O–H groups in total. The fourth-order valence-electron chi connectivity index (χ4n) is 2.40. The quantitative estimate of drug-likeness (QED) is 0.854. The molecule has 0 aliphatic carbocycles. The lowest BCUT2D eigenvalue weighted by atomic mass is 10.0. The van der Waals surface area contributed by atoms with Crippen molar-refractivity contribution in [2.75, 3.05) is 5.75 Å². The summed E-state index contributed by atoms with van der Waals surface area (Å²) < 4.78 is 0. The van der Waals surface area contributed by atoms with E-state index in [0.717, 1.165) is 5.02 Å². The molecule has 2 atom stereocenters. The van der Waals surface area contributed by atoms with E-state index < -0.39 is 0 Å². The minimum atomic E-state index is 0.478. The Balaban J connectivity index is 2.13. The molecule has 0 aromatic heterocycles. The van der Waals surface area contributed by atoms with Crippen LogP contribution in [0.5, 0.6) is 0 Å². The molecule has 2 unspecified atom stereocenters. The average molecular weight is 270 g/mol. The van der Waals surface area contributed by atoms with Gasteiger partial charge < -0.3 is 5.32 Å². The minimum absolute atomic E-state index is 0.478. The normalized spacial score (nSPS) is 21.0. The highest BCUT2D eigenvalue weighted by Gasteiger charge is 2.21. The van der Waals surface area contributed by atoms with Gasteiger partial charge in [0, 0.05) is 22.0 Å². The smallest absolute Gasteiger partial charge is 0.0410 e. The second kappa shape index (κ2) is 6.12. The Morgan fingerprint density at radius 1 is 1.53 bits per heavy atom. The summed E-state index contributed by atoms with van der Waals surface area (Å²) in [4.78, 5) is 1.39. The average Bonchev–Trinajstić information content (AvgIpc) is 2.30. The summed E-state index contributed by atoms with van der Waals surface area (Å²) in [5.74, 6) is 1.20. The number of fused-ring (bicyclic) bond motifs is 1. The van der Waals surface area contributed by atoms with Gasteiger partial charge in [-0.2, -0.15) is 0 Å². The molecular weight excluding hydrogens is 250 g/mol. The first-order chi connectivity index (χ1) is 8.20. The number of hydrogen-bond donors (Lipinski definition) is 1. The third-order valence-electron chi connectivity index (χ3n) is 3.22. The van der Waals surface area contributed by atoms with Crippen molar-refractivity contribution in [1.82, 2.24) is 5.32 Å². The Hall–Kier alpha value is -0.180. The molecule has 0 saturated heterocycles. The number of nitrogens with one attached hydrogen (secondary N) is 1. The van der Waals surface area contributed by atoms with Crippen molar-refractivity contribution in [2.45, 2.75) is 50.1 Å². The van der Waals surface area contributed by atoms with Gasteiger partial charge in [-0.25, -0.2) is 0 Å². The van der Waals surface area contributed by atoms with E-state index in [1.165, 1.54) is 35.5 Å².